The van der Waals surface area contributed by atoms with Crippen molar-refractivity contribution in [3.63, 3.8) is 0 Å². The van der Waals surface area contributed by atoms with E-state index >= 15 is 0 Å². The standard InChI is InChI=1S/C17H20N2O7/c1-17(16-24-7-8-25-16)15(21)14(18-6-2-3-13(18)20)11-9-10(19(22)23)4-5-12(11)26-17/h4-5,9,14-16,21H,2-3,6-8H2,1H3. The SMILES string of the molecule is CC1(C2OCCO2)Oc2ccc([N+](=O)[O-])cc2C(N2CCCC2=O)C1O. The quantitative estimate of drug-likeness (QED) is 0.632. The van der Waals surface area contributed by atoms with Gasteiger partial charge in [-0.2, -0.15) is 0 Å². The normalized spacial score (nSPS) is 31.8. The highest BCUT2D eigenvalue weighted by Gasteiger charge is 2.56. The van der Waals surface area contributed by atoms with Crippen LogP contribution in [0.3, 0.4) is 0 Å². The molecule has 3 heterocycles. The molecule has 0 radical (unpaired) electrons. The summed E-state index contributed by atoms with van der Waals surface area (Å²) in [5, 5.41) is 22.3. The van der Waals surface area contributed by atoms with Crippen LogP contribution < -0.4 is 4.74 Å². The summed E-state index contributed by atoms with van der Waals surface area (Å²) in [6.07, 6.45) is -0.884. The summed E-state index contributed by atoms with van der Waals surface area (Å²) in [5.41, 5.74) is -0.932. The summed E-state index contributed by atoms with van der Waals surface area (Å²) in [6.45, 7) is 2.92. The molecule has 2 saturated heterocycles. The first kappa shape index (κ1) is 17.2. The molecule has 3 atom stereocenters. The number of aliphatic hydroxyl groups excluding tert-OH is 1. The second-order valence-corrected chi connectivity index (χ2v) is 6.92. The maximum atomic E-state index is 12.4. The lowest BCUT2D eigenvalue weighted by Crippen LogP contribution is -2.61. The lowest BCUT2D eigenvalue weighted by molar-refractivity contribution is -0.385. The van der Waals surface area contributed by atoms with E-state index in [4.69, 9.17) is 14.2 Å². The fourth-order valence-corrected chi connectivity index (χ4v) is 3.93. The number of amides is 1. The lowest BCUT2D eigenvalue weighted by atomic mass is 9.83. The van der Waals surface area contributed by atoms with Crippen molar-refractivity contribution in [2.24, 2.45) is 0 Å². The number of carbonyl (C=O) groups excluding carboxylic acids is 1. The number of aliphatic hydroxyl groups is 1. The highest BCUT2D eigenvalue weighted by Crippen LogP contribution is 2.47. The largest absolute Gasteiger partial charge is 0.479 e. The maximum absolute atomic E-state index is 12.4. The smallest absolute Gasteiger partial charge is 0.270 e. The Labute approximate surface area is 149 Å². The Kier molecular flexibility index (Phi) is 4.09. The van der Waals surface area contributed by atoms with Crippen LogP contribution in [0.1, 0.15) is 31.4 Å². The van der Waals surface area contributed by atoms with E-state index in [1.807, 2.05) is 0 Å². The fourth-order valence-electron chi connectivity index (χ4n) is 3.93. The van der Waals surface area contributed by atoms with Crippen LogP contribution in [-0.4, -0.2) is 58.6 Å². The zero-order chi connectivity index (χ0) is 18.5. The van der Waals surface area contributed by atoms with E-state index in [1.165, 1.54) is 18.2 Å². The van der Waals surface area contributed by atoms with Crippen LogP contribution in [0.4, 0.5) is 5.69 Å². The summed E-state index contributed by atoms with van der Waals surface area (Å²) >= 11 is 0. The van der Waals surface area contributed by atoms with E-state index in [0.717, 1.165) is 0 Å². The Balaban J connectivity index is 1.82. The van der Waals surface area contributed by atoms with Gasteiger partial charge < -0.3 is 24.2 Å². The van der Waals surface area contributed by atoms with Crippen molar-refractivity contribution >= 4 is 11.6 Å². The second kappa shape index (κ2) is 6.19. The number of nitro benzene ring substituents is 1. The molecule has 0 aliphatic carbocycles. The number of benzene rings is 1. The van der Waals surface area contributed by atoms with Crippen LogP contribution in [0.2, 0.25) is 0 Å². The number of likely N-dealkylation sites (tertiary alicyclic amines) is 1. The Morgan fingerprint density at radius 1 is 1.35 bits per heavy atom. The number of ether oxygens (including phenoxy) is 3. The zero-order valence-electron chi connectivity index (χ0n) is 14.3. The van der Waals surface area contributed by atoms with Crippen molar-refractivity contribution < 1.29 is 29.0 Å². The maximum Gasteiger partial charge on any atom is 0.270 e. The van der Waals surface area contributed by atoms with Gasteiger partial charge in [0.2, 0.25) is 5.91 Å². The Bertz CT molecular complexity index is 749. The minimum Gasteiger partial charge on any atom is -0.479 e. The molecule has 140 valence electrons. The number of hydrogen-bond donors (Lipinski definition) is 1. The monoisotopic (exact) mass is 364 g/mol. The summed E-state index contributed by atoms with van der Waals surface area (Å²) in [4.78, 5) is 24.6. The summed E-state index contributed by atoms with van der Waals surface area (Å²) in [5.74, 6) is 0.288. The molecule has 0 saturated carbocycles. The van der Waals surface area contributed by atoms with E-state index in [2.05, 4.69) is 0 Å². The van der Waals surface area contributed by atoms with Gasteiger partial charge in [-0.25, -0.2) is 0 Å². The van der Waals surface area contributed by atoms with Crippen LogP contribution in [0.15, 0.2) is 18.2 Å². The molecule has 0 spiro atoms. The van der Waals surface area contributed by atoms with Crippen molar-refractivity contribution in [2.75, 3.05) is 19.8 Å². The van der Waals surface area contributed by atoms with E-state index in [9.17, 15) is 20.0 Å². The van der Waals surface area contributed by atoms with Gasteiger partial charge in [-0.3, -0.25) is 14.9 Å². The molecule has 1 aromatic carbocycles. The third-order valence-electron chi connectivity index (χ3n) is 5.27. The number of rotatable bonds is 3. The Morgan fingerprint density at radius 3 is 2.69 bits per heavy atom. The molecule has 2 fully saturated rings. The van der Waals surface area contributed by atoms with Gasteiger partial charge >= 0.3 is 0 Å². The molecule has 4 rings (SSSR count). The van der Waals surface area contributed by atoms with Gasteiger partial charge in [0.25, 0.3) is 5.69 Å². The molecule has 3 unspecified atom stereocenters. The van der Waals surface area contributed by atoms with Crippen molar-refractivity contribution in [2.45, 2.75) is 43.8 Å². The van der Waals surface area contributed by atoms with Crippen LogP contribution in [0, 0.1) is 10.1 Å². The topological polar surface area (TPSA) is 111 Å². The number of hydrogen-bond acceptors (Lipinski definition) is 7. The predicted molar refractivity (Wildman–Crippen MR) is 87.5 cm³/mol. The van der Waals surface area contributed by atoms with Gasteiger partial charge in [0, 0.05) is 30.7 Å². The highest BCUT2D eigenvalue weighted by molar-refractivity contribution is 5.79. The molecular formula is C17H20N2O7. The second-order valence-electron chi connectivity index (χ2n) is 6.92. The van der Waals surface area contributed by atoms with E-state index in [0.29, 0.717) is 43.9 Å². The van der Waals surface area contributed by atoms with Crippen molar-refractivity contribution in [1.29, 1.82) is 0 Å². The van der Waals surface area contributed by atoms with E-state index in [1.54, 1.807) is 11.8 Å². The van der Waals surface area contributed by atoms with Gasteiger partial charge in [0.05, 0.1) is 24.2 Å². The van der Waals surface area contributed by atoms with E-state index in [-0.39, 0.29) is 11.6 Å². The van der Waals surface area contributed by atoms with Crippen LogP contribution in [-0.2, 0) is 14.3 Å². The van der Waals surface area contributed by atoms with Crippen molar-refractivity contribution in [1.82, 2.24) is 4.90 Å². The molecule has 3 aliphatic rings. The van der Waals surface area contributed by atoms with Crippen LogP contribution in [0.25, 0.3) is 0 Å². The first-order valence-corrected chi connectivity index (χ1v) is 8.60. The minimum atomic E-state index is -1.24. The number of nitro groups is 1. The number of carbonyl (C=O) groups is 1. The van der Waals surface area contributed by atoms with Crippen LogP contribution in [0.5, 0.6) is 5.75 Å². The zero-order valence-corrected chi connectivity index (χ0v) is 14.3. The summed E-state index contributed by atoms with van der Waals surface area (Å²) in [7, 11) is 0. The Morgan fingerprint density at radius 2 is 2.08 bits per heavy atom. The first-order valence-electron chi connectivity index (χ1n) is 8.60. The molecule has 1 aromatic rings. The summed E-state index contributed by atoms with van der Waals surface area (Å²) < 4.78 is 17.1. The minimum absolute atomic E-state index is 0.0935. The van der Waals surface area contributed by atoms with Gasteiger partial charge in [-0.05, 0) is 19.4 Å². The van der Waals surface area contributed by atoms with Gasteiger partial charge in [-0.1, -0.05) is 0 Å². The molecule has 3 aliphatic heterocycles. The fraction of sp³-hybridized carbons (Fsp3) is 0.588. The third-order valence-corrected chi connectivity index (χ3v) is 5.27. The van der Waals surface area contributed by atoms with Gasteiger partial charge in [0.1, 0.15) is 11.9 Å². The molecule has 9 nitrogen and oxygen atoms in total. The Hall–Kier alpha value is -2.23. The molecular weight excluding hydrogens is 344 g/mol. The molecule has 0 aromatic heterocycles. The number of non-ortho nitro benzene ring substituents is 1. The number of fused-ring (bicyclic) bond motifs is 1. The highest BCUT2D eigenvalue weighted by atomic mass is 16.7. The average Bonchev–Trinajstić information content (AvgIpc) is 3.28. The van der Waals surface area contributed by atoms with Gasteiger partial charge in [-0.15, -0.1) is 0 Å². The first-order chi connectivity index (χ1) is 12.4. The predicted octanol–water partition coefficient (Wildman–Crippen LogP) is 1.14. The number of nitrogens with zero attached hydrogens (tertiary/aromatic N) is 2. The van der Waals surface area contributed by atoms with Gasteiger partial charge in [0.15, 0.2) is 11.9 Å². The molecule has 26 heavy (non-hydrogen) atoms. The third kappa shape index (κ3) is 2.54. The van der Waals surface area contributed by atoms with Crippen LogP contribution >= 0.6 is 0 Å². The summed E-state index contributed by atoms with van der Waals surface area (Å²) in [6, 6.07) is 3.45. The molecule has 1 N–H and O–H groups in total. The van der Waals surface area contributed by atoms with Crippen molar-refractivity contribution in [3.8, 4) is 5.75 Å². The average molecular weight is 364 g/mol. The van der Waals surface area contributed by atoms with E-state index < -0.39 is 29.0 Å². The van der Waals surface area contributed by atoms with Crippen molar-refractivity contribution in [3.05, 3.63) is 33.9 Å². The molecule has 9 heteroatoms. The lowest BCUT2D eigenvalue weighted by Gasteiger charge is -2.48. The molecule has 1 amide bonds. The molecule has 0 bridgehead atoms.